The van der Waals surface area contributed by atoms with Crippen LogP contribution in [0.15, 0.2) is 71.6 Å². The second kappa shape index (κ2) is 10.1. The third-order valence-electron chi connectivity index (χ3n) is 4.94. The summed E-state index contributed by atoms with van der Waals surface area (Å²) in [7, 11) is -1.12. The van der Waals surface area contributed by atoms with Crippen molar-refractivity contribution in [2.75, 3.05) is 14.1 Å². The van der Waals surface area contributed by atoms with Crippen molar-refractivity contribution in [2.45, 2.75) is 18.0 Å². The van der Waals surface area contributed by atoms with Crippen molar-refractivity contribution >= 4 is 27.5 Å². The van der Waals surface area contributed by atoms with Crippen LogP contribution in [0.5, 0.6) is 0 Å². The topological polar surface area (TPSA) is 81.5 Å². The number of sulfonamides is 1. The third kappa shape index (κ3) is 5.76. The molecular weight excluding hydrogens is 465 g/mol. The Morgan fingerprint density at radius 3 is 2.27 bits per heavy atom. The van der Waals surface area contributed by atoms with Gasteiger partial charge in [-0.05, 0) is 53.6 Å². The van der Waals surface area contributed by atoms with Gasteiger partial charge >= 0.3 is 0 Å². The van der Waals surface area contributed by atoms with E-state index in [2.05, 4.69) is 0 Å². The zero-order valence-electron chi connectivity index (χ0n) is 18.0. The van der Waals surface area contributed by atoms with Gasteiger partial charge in [-0.25, -0.2) is 17.1 Å². The fourth-order valence-electron chi connectivity index (χ4n) is 3.17. The molecule has 33 heavy (non-hydrogen) atoms. The first-order valence-corrected chi connectivity index (χ1v) is 11.7. The molecule has 0 aromatic heterocycles. The highest BCUT2D eigenvalue weighted by atomic mass is 35.5. The molecule has 0 aliphatic heterocycles. The normalized spacial score (nSPS) is 11.3. The van der Waals surface area contributed by atoms with E-state index in [-0.39, 0.29) is 28.6 Å². The highest BCUT2D eigenvalue weighted by molar-refractivity contribution is 7.89. The van der Waals surface area contributed by atoms with Crippen LogP contribution in [0, 0.1) is 17.1 Å². The minimum absolute atomic E-state index is 0.00372. The summed E-state index contributed by atoms with van der Waals surface area (Å²) < 4.78 is 40.0. The monoisotopic (exact) mass is 485 g/mol. The van der Waals surface area contributed by atoms with Gasteiger partial charge < -0.3 is 4.90 Å². The largest absolute Gasteiger partial charge is 0.330 e. The van der Waals surface area contributed by atoms with Gasteiger partial charge in [0.05, 0.1) is 16.7 Å². The van der Waals surface area contributed by atoms with E-state index in [0.717, 1.165) is 9.87 Å². The molecule has 3 aromatic carbocycles. The molecule has 0 aliphatic rings. The maximum Gasteiger partial charge on any atom is 0.254 e. The lowest BCUT2D eigenvalue weighted by Crippen LogP contribution is -2.30. The minimum Gasteiger partial charge on any atom is -0.330 e. The molecule has 0 heterocycles. The lowest BCUT2D eigenvalue weighted by Gasteiger charge is -2.24. The smallest absolute Gasteiger partial charge is 0.254 e. The second-order valence-electron chi connectivity index (χ2n) is 7.53. The van der Waals surface area contributed by atoms with E-state index in [0.29, 0.717) is 11.1 Å². The Hall–Kier alpha value is -3.25. The van der Waals surface area contributed by atoms with Crippen LogP contribution in [-0.4, -0.2) is 37.6 Å². The van der Waals surface area contributed by atoms with Gasteiger partial charge in [0, 0.05) is 32.7 Å². The van der Waals surface area contributed by atoms with E-state index in [4.69, 9.17) is 16.9 Å². The lowest BCUT2D eigenvalue weighted by atomic mass is 10.1. The standard InChI is InChI=1S/C24H21ClFN3O3S/c1-28(2)33(31,32)23-13-20(10-11-22(23)25)24(30)29(16-19-4-3-5-21(26)12-19)15-18-8-6-17(14-27)7-9-18/h3-13H,15-16H2,1-2H3. The minimum atomic E-state index is -3.87. The molecule has 170 valence electrons. The predicted molar refractivity (Wildman–Crippen MR) is 123 cm³/mol. The van der Waals surface area contributed by atoms with Gasteiger partial charge in [0.25, 0.3) is 5.91 Å². The number of nitriles is 1. The van der Waals surface area contributed by atoms with Crippen molar-refractivity contribution in [1.29, 1.82) is 5.26 Å². The Kier molecular flexibility index (Phi) is 7.49. The summed E-state index contributed by atoms with van der Waals surface area (Å²) in [5.41, 5.74) is 1.95. The van der Waals surface area contributed by atoms with E-state index in [1.807, 2.05) is 6.07 Å². The molecule has 0 atom stereocenters. The van der Waals surface area contributed by atoms with E-state index < -0.39 is 21.7 Å². The van der Waals surface area contributed by atoms with E-state index in [1.165, 1.54) is 49.3 Å². The molecule has 0 spiro atoms. The fourth-order valence-corrected chi connectivity index (χ4v) is 4.57. The molecule has 0 aliphatic carbocycles. The summed E-state index contributed by atoms with van der Waals surface area (Å²) in [6, 6.07) is 18.8. The van der Waals surface area contributed by atoms with Gasteiger partial charge in [-0.15, -0.1) is 0 Å². The molecule has 0 saturated carbocycles. The average molecular weight is 486 g/mol. The number of amides is 1. The Labute approximate surface area is 197 Å². The summed E-state index contributed by atoms with van der Waals surface area (Å²) in [4.78, 5) is 14.8. The molecule has 9 heteroatoms. The van der Waals surface area contributed by atoms with Crippen molar-refractivity contribution in [1.82, 2.24) is 9.21 Å². The van der Waals surface area contributed by atoms with Crippen molar-refractivity contribution in [3.8, 4) is 6.07 Å². The molecule has 0 radical (unpaired) electrons. The van der Waals surface area contributed by atoms with Crippen LogP contribution < -0.4 is 0 Å². The summed E-state index contributed by atoms with van der Waals surface area (Å²) in [5.74, 6) is -0.875. The second-order valence-corrected chi connectivity index (χ2v) is 10.1. The Bertz CT molecular complexity index is 1320. The maximum absolute atomic E-state index is 13.7. The molecule has 3 aromatic rings. The third-order valence-corrected chi connectivity index (χ3v) is 7.24. The van der Waals surface area contributed by atoms with Crippen LogP contribution in [0.25, 0.3) is 0 Å². The molecule has 0 bridgehead atoms. The van der Waals surface area contributed by atoms with Crippen molar-refractivity contribution in [3.63, 3.8) is 0 Å². The van der Waals surface area contributed by atoms with Gasteiger partial charge in [0.1, 0.15) is 10.7 Å². The fraction of sp³-hybridized carbons (Fsp3) is 0.167. The highest BCUT2D eigenvalue weighted by Crippen LogP contribution is 2.26. The van der Waals surface area contributed by atoms with Gasteiger partial charge in [-0.1, -0.05) is 35.9 Å². The molecule has 0 unspecified atom stereocenters. The number of benzene rings is 3. The van der Waals surface area contributed by atoms with Gasteiger partial charge in [0.2, 0.25) is 10.0 Å². The number of halogens is 2. The maximum atomic E-state index is 13.7. The SMILES string of the molecule is CN(C)S(=O)(=O)c1cc(C(=O)N(Cc2ccc(C#N)cc2)Cc2cccc(F)c2)ccc1Cl. The number of rotatable bonds is 7. The first kappa shape index (κ1) is 24.4. The molecule has 1 amide bonds. The molecule has 3 rings (SSSR count). The molecule has 0 fully saturated rings. The molecule has 6 nitrogen and oxygen atoms in total. The van der Waals surface area contributed by atoms with Crippen molar-refractivity contribution in [3.05, 3.63) is 99.8 Å². The number of carbonyl (C=O) groups is 1. The van der Waals surface area contributed by atoms with Crippen molar-refractivity contribution in [2.24, 2.45) is 0 Å². The van der Waals surface area contributed by atoms with Crippen LogP contribution in [0.2, 0.25) is 5.02 Å². The molecule has 0 saturated heterocycles. The first-order chi connectivity index (χ1) is 15.6. The Morgan fingerprint density at radius 1 is 1.00 bits per heavy atom. The van der Waals surface area contributed by atoms with E-state index >= 15 is 0 Å². The Balaban J connectivity index is 2.00. The number of hydrogen-bond acceptors (Lipinski definition) is 4. The summed E-state index contributed by atoms with van der Waals surface area (Å²) >= 11 is 6.12. The average Bonchev–Trinajstić information content (AvgIpc) is 2.79. The number of nitrogens with zero attached hydrogens (tertiary/aromatic N) is 3. The van der Waals surface area contributed by atoms with E-state index in [1.54, 1.807) is 36.4 Å². The predicted octanol–water partition coefficient (Wildman–Crippen LogP) is 4.44. The zero-order chi connectivity index (χ0) is 24.2. The summed E-state index contributed by atoms with van der Waals surface area (Å²) in [6.45, 7) is 0.258. The van der Waals surface area contributed by atoms with Crippen LogP contribution in [0.3, 0.4) is 0 Å². The van der Waals surface area contributed by atoms with Crippen LogP contribution in [-0.2, 0) is 23.1 Å². The number of carbonyl (C=O) groups excluding carboxylic acids is 1. The van der Waals surface area contributed by atoms with Crippen LogP contribution in [0.1, 0.15) is 27.0 Å². The number of hydrogen-bond donors (Lipinski definition) is 0. The van der Waals surface area contributed by atoms with Gasteiger partial charge in [-0.3, -0.25) is 4.79 Å². The summed E-state index contributed by atoms with van der Waals surface area (Å²) in [6.07, 6.45) is 0. The van der Waals surface area contributed by atoms with Crippen LogP contribution >= 0.6 is 11.6 Å². The van der Waals surface area contributed by atoms with E-state index in [9.17, 15) is 17.6 Å². The highest BCUT2D eigenvalue weighted by Gasteiger charge is 2.24. The van der Waals surface area contributed by atoms with Gasteiger partial charge in [-0.2, -0.15) is 5.26 Å². The van der Waals surface area contributed by atoms with Crippen LogP contribution in [0.4, 0.5) is 4.39 Å². The lowest BCUT2D eigenvalue weighted by molar-refractivity contribution is 0.0729. The van der Waals surface area contributed by atoms with Gasteiger partial charge in [0.15, 0.2) is 0 Å². The quantitative estimate of drug-likeness (QED) is 0.495. The first-order valence-electron chi connectivity index (χ1n) is 9.86. The Morgan fingerprint density at radius 2 is 1.67 bits per heavy atom. The summed E-state index contributed by atoms with van der Waals surface area (Å²) in [5, 5.41) is 9.01. The molecule has 0 N–H and O–H groups in total. The molecular formula is C24H21ClFN3O3S. The zero-order valence-corrected chi connectivity index (χ0v) is 19.6. The van der Waals surface area contributed by atoms with Crippen molar-refractivity contribution < 1.29 is 17.6 Å².